The molecule has 0 radical (unpaired) electrons. The van der Waals surface area contributed by atoms with Crippen molar-refractivity contribution in [3.05, 3.63) is 53.4 Å². The molecule has 7 heteroatoms. The zero-order valence-corrected chi connectivity index (χ0v) is 15.6. The van der Waals surface area contributed by atoms with Crippen LogP contribution in [0, 0.1) is 5.41 Å². The number of hydrogen-bond acceptors (Lipinski definition) is 4. The van der Waals surface area contributed by atoms with Crippen LogP contribution in [0.25, 0.3) is 11.0 Å². The molecule has 1 saturated heterocycles. The number of H-pyrrole nitrogens is 1. The van der Waals surface area contributed by atoms with Gasteiger partial charge in [-0.2, -0.15) is 0 Å². The number of nitrogens with one attached hydrogen (secondary N) is 1. The molecule has 0 unspecified atom stereocenters. The molecule has 0 bridgehead atoms. The van der Waals surface area contributed by atoms with Gasteiger partial charge in [0.25, 0.3) is 5.91 Å². The molecular formula is C20H20ClN5O. The van der Waals surface area contributed by atoms with Gasteiger partial charge in [0.2, 0.25) is 0 Å². The lowest BCUT2D eigenvalue weighted by Crippen LogP contribution is -2.36. The fraction of sp³-hybridized carbons (Fsp3) is 0.350. The van der Waals surface area contributed by atoms with E-state index in [0.29, 0.717) is 17.1 Å². The molecule has 1 amide bonds. The Hall–Kier alpha value is -2.60. The summed E-state index contributed by atoms with van der Waals surface area (Å²) in [6.45, 7) is 3.13. The third-order valence-electron chi connectivity index (χ3n) is 5.64. The van der Waals surface area contributed by atoms with Crippen molar-refractivity contribution in [1.82, 2.24) is 19.9 Å². The molecular weight excluding hydrogens is 362 g/mol. The zero-order valence-electron chi connectivity index (χ0n) is 14.9. The second-order valence-electron chi connectivity index (χ2n) is 7.60. The van der Waals surface area contributed by atoms with Crippen molar-refractivity contribution in [2.75, 3.05) is 31.1 Å². The van der Waals surface area contributed by atoms with Crippen LogP contribution in [-0.4, -0.2) is 51.9 Å². The first kappa shape index (κ1) is 16.6. The molecule has 2 aromatic heterocycles. The Morgan fingerprint density at radius 2 is 2.04 bits per heavy atom. The Bertz CT molecular complexity index is 1010. The smallest absolute Gasteiger partial charge is 0.253 e. The van der Waals surface area contributed by atoms with Crippen molar-refractivity contribution in [2.45, 2.75) is 12.8 Å². The topological polar surface area (TPSA) is 65.1 Å². The Balaban J connectivity index is 1.44. The van der Waals surface area contributed by atoms with Crippen LogP contribution < -0.4 is 4.90 Å². The van der Waals surface area contributed by atoms with Crippen LogP contribution in [0.2, 0.25) is 5.02 Å². The largest absolute Gasteiger partial charge is 0.354 e. The summed E-state index contributed by atoms with van der Waals surface area (Å²) in [4.78, 5) is 29.3. The van der Waals surface area contributed by atoms with Gasteiger partial charge in [-0.1, -0.05) is 17.7 Å². The standard InChI is InChI=1S/C20H20ClN5O/c21-15-3-1-2-14(10-15)19(27)26-9-8-25(11-20(12-26)5-6-20)18-16-4-7-22-17(16)23-13-24-18/h1-4,7,10,13H,5-6,8-9,11-12H2,(H,22,23,24). The van der Waals surface area contributed by atoms with Crippen LogP contribution >= 0.6 is 11.6 Å². The van der Waals surface area contributed by atoms with Crippen molar-refractivity contribution in [3.63, 3.8) is 0 Å². The minimum Gasteiger partial charge on any atom is -0.354 e. The number of fused-ring (bicyclic) bond motifs is 1. The number of hydrogen-bond donors (Lipinski definition) is 1. The average Bonchev–Trinajstić information content (AvgIpc) is 3.32. The van der Waals surface area contributed by atoms with Gasteiger partial charge in [-0.15, -0.1) is 0 Å². The maximum Gasteiger partial charge on any atom is 0.253 e. The predicted octanol–water partition coefficient (Wildman–Crippen LogP) is 3.35. The number of amides is 1. The summed E-state index contributed by atoms with van der Waals surface area (Å²) >= 11 is 6.08. The number of nitrogens with zero attached hydrogens (tertiary/aromatic N) is 4. The molecule has 2 fully saturated rings. The van der Waals surface area contributed by atoms with Gasteiger partial charge in [-0.05, 0) is 37.1 Å². The number of carbonyl (C=O) groups is 1. The van der Waals surface area contributed by atoms with Gasteiger partial charge >= 0.3 is 0 Å². The van der Waals surface area contributed by atoms with Gasteiger partial charge in [-0.25, -0.2) is 9.97 Å². The quantitative estimate of drug-likeness (QED) is 0.739. The van der Waals surface area contributed by atoms with E-state index in [2.05, 4.69) is 19.9 Å². The normalized spacial score (nSPS) is 18.7. The minimum absolute atomic E-state index is 0.0557. The monoisotopic (exact) mass is 381 g/mol. The number of halogens is 1. The number of benzene rings is 1. The van der Waals surface area contributed by atoms with E-state index in [1.165, 1.54) is 0 Å². The molecule has 5 rings (SSSR count). The second kappa shape index (κ2) is 6.23. The fourth-order valence-corrected chi connectivity index (χ4v) is 4.21. The lowest BCUT2D eigenvalue weighted by atomic mass is 10.1. The van der Waals surface area contributed by atoms with Gasteiger partial charge in [0, 0.05) is 48.4 Å². The number of aromatic amines is 1. The summed E-state index contributed by atoms with van der Waals surface area (Å²) in [5.41, 5.74) is 1.67. The number of anilines is 1. The van der Waals surface area contributed by atoms with Crippen LogP contribution in [0.1, 0.15) is 23.2 Å². The summed E-state index contributed by atoms with van der Waals surface area (Å²) in [7, 11) is 0. The van der Waals surface area contributed by atoms with Gasteiger partial charge in [-0.3, -0.25) is 4.79 Å². The van der Waals surface area contributed by atoms with Crippen molar-refractivity contribution in [3.8, 4) is 0 Å². The van der Waals surface area contributed by atoms with Gasteiger partial charge in [0.1, 0.15) is 17.8 Å². The van der Waals surface area contributed by atoms with E-state index in [-0.39, 0.29) is 11.3 Å². The highest BCUT2D eigenvalue weighted by Crippen LogP contribution is 2.48. The summed E-state index contributed by atoms with van der Waals surface area (Å²) in [6.07, 6.45) is 5.78. The maximum absolute atomic E-state index is 13.1. The van der Waals surface area contributed by atoms with Crippen molar-refractivity contribution < 1.29 is 4.79 Å². The van der Waals surface area contributed by atoms with E-state index in [4.69, 9.17) is 11.6 Å². The molecule has 1 aliphatic carbocycles. The Morgan fingerprint density at radius 3 is 2.85 bits per heavy atom. The first-order valence-corrected chi connectivity index (χ1v) is 9.59. The van der Waals surface area contributed by atoms with Crippen molar-refractivity contribution in [1.29, 1.82) is 0 Å². The van der Waals surface area contributed by atoms with E-state index in [9.17, 15) is 4.79 Å². The lowest BCUT2D eigenvalue weighted by Gasteiger charge is -2.25. The van der Waals surface area contributed by atoms with E-state index in [1.54, 1.807) is 18.5 Å². The Kier molecular flexibility index (Phi) is 3.82. The summed E-state index contributed by atoms with van der Waals surface area (Å²) in [6, 6.07) is 9.23. The highest BCUT2D eigenvalue weighted by atomic mass is 35.5. The van der Waals surface area contributed by atoms with Gasteiger partial charge in [0.05, 0.1) is 5.39 Å². The van der Waals surface area contributed by atoms with Crippen LogP contribution in [0.15, 0.2) is 42.9 Å². The van der Waals surface area contributed by atoms with Crippen molar-refractivity contribution in [2.24, 2.45) is 5.41 Å². The second-order valence-corrected chi connectivity index (χ2v) is 8.03. The molecule has 1 N–H and O–H groups in total. The highest BCUT2D eigenvalue weighted by molar-refractivity contribution is 6.30. The molecule has 138 valence electrons. The van der Waals surface area contributed by atoms with Crippen LogP contribution in [0.4, 0.5) is 5.82 Å². The first-order chi connectivity index (χ1) is 13.1. The summed E-state index contributed by atoms with van der Waals surface area (Å²) < 4.78 is 0. The number of rotatable bonds is 2. The molecule has 1 aromatic carbocycles. The van der Waals surface area contributed by atoms with Crippen molar-refractivity contribution >= 4 is 34.4 Å². The maximum atomic E-state index is 13.1. The lowest BCUT2D eigenvalue weighted by molar-refractivity contribution is 0.0741. The molecule has 6 nitrogen and oxygen atoms in total. The summed E-state index contributed by atoms with van der Waals surface area (Å²) in [5, 5.41) is 1.62. The Morgan fingerprint density at radius 1 is 1.15 bits per heavy atom. The molecule has 2 aliphatic rings. The molecule has 27 heavy (non-hydrogen) atoms. The van der Waals surface area contributed by atoms with E-state index >= 15 is 0 Å². The number of carbonyl (C=O) groups excluding carboxylic acids is 1. The van der Waals surface area contributed by atoms with Crippen LogP contribution in [0.3, 0.4) is 0 Å². The van der Waals surface area contributed by atoms with E-state index in [0.717, 1.165) is 49.3 Å². The van der Waals surface area contributed by atoms with Gasteiger partial charge < -0.3 is 14.8 Å². The number of aromatic nitrogens is 3. The molecule has 3 heterocycles. The minimum atomic E-state index is 0.0557. The Labute approximate surface area is 162 Å². The average molecular weight is 382 g/mol. The zero-order chi connectivity index (χ0) is 18.4. The molecule has 1 aliphatic heterocycles. The van der Waals surface area contributed by atoms with Crippen LogP contribution in [0.5, 0.6) is 0 Å². The molecule has 3 aromatic rings. The van der Waals surface area contributed by atoms with Crippen LogP contribution in [-0.2, 0) is 0 Å². The summed E-state index contributed by atoms with van der Waals surface area (Å²) in [5.74, 6) is 1.00. The third-order valence-corrected chi connectivity index (χ3v) is 5.88. The molecule has 0 atom stereocenters. The SMILES string of the molecule is O=C(c1cccc(Cl)c1)N1CCN(c2ncnc3[nH]ccc23)CC2(CC2)C1. The molecule has 1 spiro atoms. The van der Waals surface area contributed by atoms with E-state index in [1.807, 2.05) is 29.3 Å². The highest BCUT2D eigenvalue weighted by Gasteiger charge is 2.48. The van der Waals surface area contributed by atoms with E-state index < -0.39 is 0 Å². The van der Waals surface area contributed by atoms with Gasteiger partial charge in [0.15, 0.2) is 0 Å². The molecule has 1 saturated carbocycles. The predicted molar refractivity (Wildman–Crippen MR) is 105 cm³/mol. The first-order valence-electron chi connectivity index (χ1n) is 9.22. The fourth-order valence-electron chi connectivity index (χ4n) is 4.02. The third kappa shape index (κ3) is 3.04.